The molecule has 0 unspecified atom stereocenters. The zero-order chi connectivity index (χ0) is 17.9. The summed E-state index contributed by atoms with van der Waals surface area (Å²) >= 11 is 5.39. The summed E-state index contributed by atoms with van der Waals surface area (Å²) in [6, 6.07) is 20.7. The van der Waals surface area contributed by atoms with E-state index in [-0.39, 0.29) is 10.4 Å². The Bertz CT molecular complexity index is 905. The lowest BCUT2D eigenvalue weighted by molar-refractivity contribution is 0.586. The van der Waals surface area contributed by atoms with Crippen LogP contribution in [-0.2, 0) is 4.57 Å². The normalized spacial score (nSPS) is 11.1. The van der Waals surface area contributed by atoms with E-state index in [2.05, 4.69) is 5.32 Å². The minimum Gasteiger partial charge on any atom is -0.341 e. The van der Waals surface area contributed by atoms with Crippen molar-refractivity contribution in [3.63, 3.8) is 0 Å². The molecule has 3 aromatic rings. The monoisotopic (exact) mass is 373 g/mol. The van der Waals surface area contributed by atoms with Gasteiger partial charge in [0, 0.05) is 16.7 Å². The molecule has 0 aliphatic carbocycles. The van der Waals surface area contributed by atoms with E-state index in [1.807, 2.05) is 12.1 Å². The van der Waals surface area contributed by atoms with Gasteiger partial charge in [-0.3, -0.25) is 0 Å². The third-order valence-corrected chi connectivity index (χ3v) is 7.31. The highest BCUT2D eigenvalue weighted by molar-refractivity contribution is 8.08. The van der Waals surface area contributed by atoms with Gasteiger partial charge in [0.05, 0.1) is 5.69 Å². The van der Waals surface area contributed by atoms with Gasteiger partial charge in [-0.25, -0.2) is 8.78 Å². The smallest absolute Gasteiger partial charge is 0.197 e. The fraction of sp³-hybridized carbons (Fsp3) is 0. The molecule has 2 nitrogen and oxygen atoms in total. The van der Waals surface area contributed by atoms with Gasteiger partial charge in [0.25, 0.3) is 0 Å². The molecular formula is C19H14F2NOPS. The molecule has 0 atom stereocenters. The van der Waals surface area contributed by atoms with Gasteiger partial charge in [0.15, 0.2) is 7.14 Å². The predicted molar refractivity (Wildman–Crippen MR) is 102 cm³/mol. The SMILES string of the molecule is O=P(C(=S)Nc1ccc(F)cc1F)(c1ccccc1)c1ccccc1. The summed E-state index contributed by atoms with van der Waals surface area (Å²) in [5, 5.41) is 3.79. The quantitative estimate of drug-likeness (QED) is 0.532. The number of thiocarbonyl (C=S) groups is 1. The van der Waals surface area contributed by atoms with E-state index < -0.39 is 18.8 Å². The van der Waals surface area contributed by atoms with Crippen molar-refractivity contribution in [2.24, 2.45) is 0 Å². The molecule has 126 valence electrons. The molecule has 0 saturated heterocycles. The Morgan fingerprint density at radius 3 is 1.84 bits per heavy atom. The van der Waals surface area contributed by atoms with E-state index in [4.69, 9.17) is 12.2 Å². The lowest BCUT2D eigenvalue weighted by atomic mass is 10.3. The van der Waals surface area contributed by atoms with Crippen molar-refractivity contribution < 1.29 is 13.3 Å². The number of hydrogen-bond donors (Lipinski definition) is 1. The molecule has 0 amide bonds. The molecule has 0 aromatic heterocycles. The van der Waals surface area contributed by atoms with E-state index in [0.717, 1.165) is 12.1 Å². The first kappa shape index (κ1) is 17.5. The summed E-state index contributed by atoms with van der Waals surface area (Å²) in [5.74, 6) is -1.49. The van der Waals surface area contributed by atoms with Crippen LogP contribution in [0.2, 0.25) is 0 Å². The fourth-order valence-corrected chi connectivity index (χ4v) is 5.42. The summed E-state index contributed by atoms with van der Waals surface area (Å²) < 4.78 is 40.9. The molecule has 1 N–H and O–H groups in total. The largest absolute Gasteiger partial charge is 0.341 e. The Kier molecular flexibility index (Phi) is 5.07. The minimum absolute atomic E-state index is 0.00425. The molecule has 0 aliphatic heterocycles. The van der Waals surface area contributed by atoms with E-state index in [1.165, 1.54) is 6.07 Å². The van der Waals surface area contributed by atoms with Crippen molar-refractivity contribution in [1.82, 2.24) is 0 Å². The fourth-order valence-electron chi connectivity index (χ4n) is 2.44. The number of hydrogen-bond acceptors (Lipinski definition) is 2. The van der Waals surface area contributed by atoms with Crippen LogP contribution in [0.25, 0.3) is 0 Å². The van der Waals surface area contributed by atoms with Crippen molar-refractivity contribution in [2.75, 3.05) is 5.32 Å². The zero-order valence-electron chi connectivity index (χ0n) is 13.0. The molecule has 25 heavy (non-hydrogen) atoms. The second-order valence-electron chi connectivity index (χ2n) is 5.33. The number of nitrogens with one attached hydrogen (secondary N) is 1. The van der Waals surface area contributed by atoms with Gasteiger partial charge in [-0.2, -0.15) is 0 Å². The molecule has 0 fully saturated rings. The highest BCUT2D eigenvalue weighted by atomic mass is 32.1. The van der Waals surface area contributed by atoms with Gasteiger partial charge >= 0.3 is 0 Å². The van der Waals surface area contributed by atoms with Gasteiger partial charge in [-0.15, -0.1) is 0 Å². The second kappa shape index (κ2) is 7.26. The van der Waals surface area contributed by atoms with Crippen LogP contribution in [0.1, 0.15) is 0 Å². The summed E-state index contributed by atoms with van der Waals surface area (Å²) in [6.07, 6.45) is 0. The van der Waals surface area contributed by atoms with E-state index in [9.17, 15) is 13.3 Å². The van der Waals surface area contributed by atoms with Crippen LogP contribution in [0.5, 0.6) is 0 Å². The Morgan fingerprint density at radius 1 is 0.840 bits per heavy atom. The van der Waals surface area contributed by atoms with Crippen LogP contribution >= 0.6 is 19.4 Å². The van der Waals surface area contributed by atoms with Crippen molar-refractivity contribution in [3.05, 3.63) is 90.5 Å². The topological polar surface area (TPSA) is 29.1 Å². The summed E-state index contributed by atoms with van der Waals surface area (Å²) in [5.41, 5.74) is -0.0153. The lowest BCUT2D eigenvalue weighted by Crippen LogP contribution is -2.26. The van der Waals surface area contributed by atoms with Crippen LogP contribution in [0.15, 0.2) is 78.9 Å². The highest BCUT2D eigenvalue weighted by Gasteiger charge is 2.32. The lowest BCUT2D eigenvalue weighted by Gasteiger charge is -2.21. The number of halogens is 2. The molecular weight excluding hydrogens is 359 g/mol. The first-order valence-corrected chi connectivity index (χ1v) is 9.61. The molecule has 0 heterocycles. The first-order chi connectivity index (χ1) is 12.0. The average Bonchev–Trinajstić information content (AvgIpc) is 2.64. The Balaban J connectivity index is 2.06. The molecule has 0 saturated carbocycles. The molecule has 0 aliphatic rings. The van der Waals surface area contributed by atoms with Crippen molar-refractivity contribution in [1.29, 1.82) is 0 Å². The van der Waals surface area contributed by atoms with Crippen LogP contribution in [-0.4, -0.2) is 4.73 Å². The minimum atomic E-state index is -3.35. The first-order valence-electron chi connectivity index (χ1n) is 7.49. The zero-order valence-corrected chi connectivity index (χ0v) is 14.7. The van der Waals surface area contributed by atoms with Crippen molar-refractivity contribution in [2.45, 2.75) is 0 Å². The molecule has 3 rings (SSSR count). The van der Waals surface area contributed by atoms with Crippen LogP contribution in [0.3, 0.4) is 0 Å². The van der Waals surface area contributed by atoms with Crippen LogP contribution in [0, 0.1) is 11.6 Å². The third-order valence-electron chi connectivity index (χ3n) is 3.70. The summed E-state index contributed by atoms with van der Waals surface area (Å²) in [7, 11) is -3.35. The second-order valence-corrected chi connectivity index (χ2v) is 8.74. The van der Waals surface area contributed by atoms with E-state index in [1.54, 1.807) is 48.5 Å². The number of rotatable bonds is 4. The third kappa shape index (κ3) is 3.53. The average molecular weight is 373 g/mol. The Morgan fingerprint density at radius 2 is 1.36 bits per heavy atom. The summed E-state index contributed by atoms with van der Waals surface area (Å²) in [6.45, 7) is 0. The Hall–Kier alpha value is -2.36. The number of benzene rings is 3. The van der Waals surface area contributed by atoms with Crippen molar-refractivity contribution in [3.8, 4) is 0 Å². The maximum absolute atomic E-state index is 14.0. The standard InChI is InChI=1S/C19H14F2NOPS/c20-14-11-12-18(17(21)13-14)22-19(25)24(23,15-7-3-1-4-8-15)16-9-5-2-6-10-16/h1-13H,(H,22,25). The molecule has 0 spiro atoms. The highest BCUT2D eigenvalue weighted by Crippen LogP contribution is 2.45. The van der Waals surface area contributed by atoms with Crippen LogP contribution in [0.4, 0.5) is 14.5 Å². The van der Waals surface area contributed by atoms with Gasteiger partial charge in [-0.05, 0) is 12.1 Å². The predicted octanol–water partition coefficient (Wildman–Crippen LogP) is 4.68. The van der Waals surface area contributed by atoms with Crippen LogP contribution < -0.4 is 15.9 Å². The maximum Gasteiger partial charge on any atom is 0.197 e. The van der Waals surface area contributed by atoms with E-state index in [0.29, 0.717) is 10.6 Å². The van der Waals surface area contributed by atoms with Gasteiger partial charge in [0.1, 0.15) is 16.4 Å². The molecule has 6 heteroatoms. The Labute approximate surface area is 149 Å². The van der Waals surface area contributed by atoms with Crippen molar-refractivity contribution >= 4 is 40.4 Å². The summed E-state index contributed by atoms with van der Waals surface area (Å²) in [4.78, 5) is 0. The molecule has 3 aromatic carbocycles. The molecule has 0 bridgehead atoms. The van der Waals surface area contributed by atoms with Gasteiger partial charge in [0.2, 0.25) is 0 Å². The maximum atomic E-state index is 14.0. The molecule has 0 radical (unpaired) electrons. The van der Waals surface area contributed by atoms with Gasteiger partial charge < -0.3 is 9.88 Å². The number of anilines is 1. The van der Waals surface area contributed by atoms with E-state index >= 15 is 0 Å². The van der Waals surface area contributed by atoms with Gasteiger partial charge in [-0.1, -0.05) is 72.9 Å².